The number of sulfonamides is 1. The lowest BCUT2D eigenvalue weighted by Gasteiger charge is -2.22. The molecule has 0 aliphatic carbocycles. The van der Waals surface area contributed by atoms with Crippen molar-refractivity contribution in [3.05, 3.63) is 27.8 Å². The van der Waals surface area contributed by atoms with Crippen molar-refractivity contribution in [2.24, 2.45) is 10.5 Å². The number of amides is 1. The Morgan fingerprint density at radius 1 is 1.26 bits per heavy atom. The molecule has 0 unspecified atom stereocenters. The molecular weight excluding hydrogens is 429 g/mol. The quantitative estimate of drug-likeness (QED) is 0.425. The highest BCUT2D eigenvalue weighted by molar-refractivity contribution is 14.1. The highest BCUT2D eigenvalue weighted by Crippen LogP contribution is 2.19. The second kappa shape index (κ2) is 7.61. The standard InChI is InChI=1S/C15H22IN3O3S/c1-11(15(2,3)4)17-18-14(20)10-19(23(5,21)22)13-8-6-12(16)7-9-13/h6-9H,10H2,1-5H3,(H,18,20)/b17-11-. The van der Waals surface area contributed by atoms with Gasteiger partial charge in [-0.2, -0.15) is 5.10 Å². The monoisotopic (exact) mass is 451 g/mol. The van der Waals surface area contributed by atoms with E-state index in [0.29, 0.717) is 5.69 Å². The number of rotatable bonds is 5. The maximum absolute atomic E-state index is 12.0. The molecule has 6 nitrogen and oxygen atoms in total. The molecule has 1 rings (SSSR count). The predicted octanol–water partition coefficient (Wildman–Crippen LogP) is 2.60. The Kier molecular flexibility index (Phi) is 6.58. The lowest BCUT2D eigenvalue weighted by molar-refractivity contribution is -0.119. The molecule has 0 fully saturated rings. The Bertz CT molecular complexity index is 692. The molecule has 128 valence electrons. The Balaban J connectivity index is 2.92. The third kappa shape index (κ3) is 6.46. The van der Waals surface area contributed by atoms with Crippen LogP contribution < -0.4 is 9.73 Å². The van der Waals surface area contributed by atoms with Gasteiger partial charge in [0.1, 0.15) is 6.54 Å². The van der Waals surface area contributed by atoms with Crippen LogP contribution >= 0.6 is 22.6 Å². The predicted molar refractivity (Wildman–Crippen MR) is 102 cm³/mol. The molecule has 1 aromatic carbocycles. The summed E-state index contributed by atoms with van der Waals surface area (Å²) in [7, 11) is -3.57. The van der Waals surface area contributed by atoms with Gasteiger partial charge in [-0.1, -0.05) is 20.8 Å². The summed E-state index contributed by atoms with van der Waals surface area (Å²) in [6, 6.07) is 6.90. The van der Waals surface area contributed by atoms with E-state index in [2.05, 4.69) is 33.1 Å². The molecule has 0 heterocycles. The topological polar surface area (TPSA) is 78.8 Å². The van der Waals surface area contributed by atoms with Crippen molar-refractivity contribution < 1.29 is 13.2 Å². The first-order valence-electron chi connectivity index (χ1n) is 6.98. The van der Waals surface area contributed by atoms with Gasteiger partial charge in [0.2, 0.25) is 10.0 Å². The maximum Gasteiger partial charge on any atom is 0.260 e. The minimum atomic E-state index is -3.57. The van der Waals surface area contributed by atoms with Gasteiger partial charge < -0.3 is 0 Å². The Labute approximate surface area is 151 Å². The van der Waals surface area contributed by atoms with Crippen LogP contribution in [-0.4, -0.2) is 32.8 Å². The molecule has 1 N–H and O–H groups in total. The summed E-state index contributed by atoms with van der Waals surface area (Å²) in [4.78, 5) is 12.0. The number of anilines is 1. The van der Waals surface area contributed by atoms with Crippen LogP contribution in [0.4, 0.5) is 5.69 Å². The third-order valence-corrected chi connectivity index (χ3v) is 5.10. The van der Waals surface area contributed by atoms with Crippen LogP contribution in [0.1, 0.15) is 27.7 Å². The van der Waals surface area contributed by atoms with Crippen molar-refractivity contribution >= 4 is 49.9 Å². The van der Waals surface area contributed by atoms with Crippen LogP contribution in [0, 0.1) is 8.99 Å². The molecule has 0 saturated carbocycles. The third-order valence-electron chi connectivity index (χ3n) is 3.24. The molecule has 23 heavy (non-hydrogen) atoms. The molecule has 0 aromatic heterocycles. The van der Waals surface area contributed by atoms with E-state index in [4.69, 9.17) is 0 Å². The van der Waals surface area contributed by atoms with Crippen molar-refractivity contribution in [2.45, 2.75) is 27.7 Å². The minimum Gasteiger partial charge on any atom is -0.271 e. The van der Waals surface area contributed by atoms with E-state index < -0.39 is 15.9 Å². The maximum atomic E-state index is 12.0. The SMILES string of the molecule is C/C(=N/NC(=O)CN(c1ccc(I)cc1)S(C)(=O)=O)C(C)(C)C. The van der Waals surface area contributed by atoms with Gasteiger partial charge in [-0.15, -0.1) is 0 Å². The average molecular weight is 451 g/mol. The second-order valence-corrected chi connectivity index (χ2v) is 9.38. The van der Waals surface area contributed by atoms with Gasteiger partial charge in [-0.25, -0.2) is 13.8 Å². The zero-order valence-corrected chi connectivity index (χ0v) is 16.9. The van der Waals surface area contributed by atoms with E-state index >= 15 is 0 Å². The fraction of sp³-hybridized carbons (Fsp3) is 0.467. The van der Waals surface area contributed by atoms with Crippen molar-refractivity contribution in [1.29, 1.82) is 0 Å². The fourth-order valence-corrected chi connectivity index (χ4v) is 2.70. The number of hydrogen-bond acceptors (Lipinski definition) is 4. The van der Waals surface area contributed by atoms with Gasteiger partial charge in [0.25, 0.3) is 5.91 Å². The van der Waals surface area contributed by atoms with Gasteiger partial charge in [-0.05, 0) is 53.8 Å². The van der Waals surface area contributed by atoms with Crippen molar-refractivity contribution in [2.75, 3.05) is 17.1 Å². The summed E-state index contributed by atoms with van der Waals surface area (Å²) in [6.07, 6.45) is 1.07. The molecule has 8 heteroatoms. The molecule has 0 atom stereocenters. The highest BCUT2D eigenvalue weighted by atomic mass is 127. The van der Waals surface area contributed by atoms with Gasteiger partial charge in [-0.3, -0.25) is 9.10 Å². The van der Waals surface area contributed by atoms with Crippen LogP contribution in [0.3, 0.4) is 0 Å². The van der Waals surface area contributed by atoms with Crippen LogP contribution in [0.2, 0.25) is 0 Å². The zero-order valence-electron chi connectivity index (χ0n) is 13.9. The van der Waals surface area contributed by atoms with Gasteiger partial charge >= 0.3 is 0 Å². The number of carbonyl (C=O) groups excluding carboxylic acids is 1. The van der Waals surface area contributed by atoms with Crippen molar-refractivity contribution in [1.82, 2.24) is 5.43 Å². The fourth-order valence-electron chi connectivity index (χ4n) is 1.49. The summed E-state index contributed by atoms with van der Waals surface area (Å²) >= 11 is 2.13. The number of nitrogens with zero attached hydrogens (tertiary/aromatic N) is 2. The van der Waals surface area contributed by atoms with Crippen LogP contribution in [0.25, 0.3) is 0 Å². The lowest BCUT2D eigenvalue weighted by atomic mass is 9.91. The average Bonchev–Trinajstić information content (AvgIpc) is 2.41. The van der Waals surface area contributed by atoms with E-state index in [1.165, 1.54) is 0 Å². The molecule has 1 amide bonds. The number of halogens is 1. The Morgan fingerprint density at radius 2 is 1.78 bits per heavy atom. The van der Waals surface area contributed by atoms with Crippen LogP contribution in [0.15, 0.2) is 29.4 Å². The van der Waals surface area contributed by atoms with E-state index in [0.717, 1.165) is 19.8 Å². The Hall–Kier alpha value is -1.16. The summed E-state index contributed by atoms with van der Waals surface area (Å²) in [6.45, 7) is 7.43. The first-order chi connectivity index (χ1) is 10.4. The number of benzene rings is 1. The second-order valence-electron chi connectivity index (χ2n) is 6.23. The summed E-state index contributed by atoms with van der Waals surface area (Å²) in [5.41, 5.74) is 3.45. The van der Waals surface area contributed by atoms with Crippen LogP contribution in [-0.2, 0) is 14.8 Å². The molecule has 0 bridgehead atoms. The molecule has 0 spiro atoms. The number of hydrazone groups is 1. The lowest BCUT2D eigenvalue weighted by Crippen LogP contribution is -2.39. The number of nitrogens with one attached hydrogen (secondary N) is 1. The molecular formula is C15H22IN3O3S. The van der Waals surface area contributed by atoms with E-state index in [1.54, 1.807) is 24.3 Å². The highest BCUT2D eigenvalue weighted by Gasteiger charge is 2.21. The molecule has 0 saturated heterocycles. The van der Waals surface area contributed by atoms with Gasteiger partial charge in [0.15, 0.2) is 0 Å². The summed E-state index contributed by atoms with van der Waals surface area (Å²) < 4.78 is 26.0. The largest absolute Gasteiger partial charge is 0.271 e. The first-order valence-corrected chi connectivity index (χ1v) is 9.91. The number of hydrogen-bond donors (Lipinski definition) is 1. The zero-order chi connectivity index (χ0) is 17.8. The minimum absolute atomic E-state index is 0.167. The van der Waals surface area contributed by atoms with Gasteiger partial charge in [0, 0.05) is 14.7 Å². The smallest absolute Gasteiger partial charge is 0.260 e. The van der Waals surface area contributed by atoms with Gasteiger partial charge in [0.05, 0.1) is 11.9 Å². The Morgan fingerprint density at radius 3 is 2.22 bits per heavy atom. The van der Waals surface area contributed by atoms with E-state index in [9.17, 15) is 13.2 Å². The summed E-state index contributed by atoms with van der Waals surface area (Å²) in [5, 5.41) is 4.03. The van der Waals surface area contributed by atoms with Crippen molar-refractivity contribution in [3.8, 4) is 0 Å². The van der Waals surface area contributed by atoms with E-state index in [-0.39, 0.29) is 12.0 Å². The molecule has 1 aromatic rings. The van der Waals surface area contributed by atoms with Crippen LogP contribution in [0.5, 0.6) is 0 Å². The molecule has 0 aliphatic heterocycles. The summed E-state index contributed by atoms with van der Waals surface area (Å²) in [5.74, 6) is -0.488. The molecule has 0 radical (unpaired) electrons. The normalized spacial score (nSPS) is 12.9. The molecule has 0 aliphatic rings. The van der Waals surface area contributed by atoms with Crippen molar-refractivity contribution in [3.63, 3.8) is 0 Å². The van der Waals surface area contributed by atoms with E-state index in [1.807, 2.05) is 27.7 Å². The number of carbonyl (C=O) groups is 1. The first kappa shape index (κ1) is 19.9.